The number of primary sulfonamides is 1. The summed E-state index contributed by atoms with van der Waals surface area (Å²) in [5.74, 6) is 0.0698. The van der Waals surface area contributed by atoms with Crippen LogP contribution in [0.4, 0.5) is 5.69 Å². The molecule has 2 aromatic carbocycles. The van der Waals surface area contributed by atoms with E-state index in [0.29, 0.717) is 17.2 Å². The van der Waals surface area contributed by atoms with Gasteiger partial charge in [-0.05, 0) is 49.2 Å². The summed E-state index contributed by atoms with van der Waals surface area (Å²) in [7, 11) is -3.79. The van der Waals surface area contributed by atoms with Crippen molar-refractivity contribution in [2.75, 3.05) is 11.1 Å². The van der Waals surface area contributed by atoms with Gasteiger partial charge >= 0.3 is 0 Å². The molecular formula is C20H24N4O3S2. The van der Waals surface area contributed by atoms with E-state index in [1.807, 2.05) is 35.8 Å². The maximum atomic E-state index is 12.3. The fourth-order valence-corrected chi connectivity index (χ4v) is 4.46. The third kappa shape index (κ3) is 5.17. The Balaban J connectivity index is 1.71. The summed E-state index contributed by atoms with van der Waals surface area (Å²) in [5, 5.41) is 8.75. The van der Waals surface area contributed by atoms with Gasteiger partial charge in [-0.15, -0.1) is 0 Å². The van der Waals surface area contributed by atoms with Crippen LogP contribution in [0.2, 0.25) is 0 Å². The van der Waals surface area contributed by atoms with Gasteiger partial charge in [0.05, 0.1) is 21.7 Å². The van der Waals surface area contributed by atoms with Crippen LogP contribution in [-0.4, -0.2) is 29.6 Å². The van der Waals surface area contributed by atoms with E-state index < -0.39 is 10.0 Å². The van der Waals surface area contributed by atoms with Gasteiger partial charge in [-0.3, -0.25) is 4.79 Å². The number of aryl methyl sites for hydroxylation is 2. The average molecular weight is 433 g/mol. The number of rotatable bonds is 8. The van der Waals surface area contributed by atoms with Gasteiger partial charge in [0.25, 0.3) is 0 Å². The molecular weight excluding hydrogens is 408 g/mol. The van der Waals surface area contributed by atoms with Crippen molar-refractivity contribution in [2.45, 2.75) is 43.3 Å². The van der Waals surface area contributed by atoms with Crippen molar-refractivity contribution < 1.29 is 13.2 Å². The van der Waals surface area contributed by atoms with Crippen molar-refractivity contribution in [1.29, 1.82) is 0 Å². The monoisotopic (exact) mass is 432 g/mol. The number of nitrogens with two attached hydrogens (primary N) is 1. The first-order valence-corrected chi connectivity index (χ1v) is 11.9. The molecule has 0 unspecified atom stereocenters. The zero-order valence-corrected chi connectivity index (χ0v) is 18.0. The Morgan fingerprint density at radius 1 is 1.17 bits per heavy atom. The molecule has 9 heteroatoms. The maximum Gasteiger partial charge on any atom is 0.238 e. The van der Waals surface area contributed by atoms with Crippen LogP contribution in [-0.2, 0) is 27.8 Å². The highest BCUT2D eigenvalue weighted by Gasteiger charge is 2.15. The lowest BCUT2D eigenvalue weighted by atomic mass is 10.1. The van der Waals surface area contributed by atoms with E-state index in [9.17, 15) is 13.2 Å². The lowest BCUT2D eigenvalue weighted by Crippen LogP contribution is -2.14. The normalized spacial score (nSPS) is 11.7. The number of aromatic nitrogens is 2. The Morgan fingerprint density at radius 2 is 1.90 bits per heavy atom. The number of benzene rings is 2. The first kappa shape index (κ1) is 21.4. The highest BCUT2D eigenvalue weighted by Crippen LogP contribution is 2.26. The molecule has 0 aliphatic carbocycles. The van der Waals surface area contributed by atoms with Gasteiger partial charge in [0, 0.05) is 12.2 Å². The molecule has 0 atom stereocenters. The molecule has 3 aromatic rings. The summed E-state index contributed by atoms with van der Waals surface area (Å²) in [6.07, 6.45) is 2.10. The molecule has 154 valence electrons. The highest BCUT2D eigenvalue weighted by molar-refractivity contribution is 7.99. The van der Waals surface area contributed by atoms with Crippen LogP contribution in [0.1, 0.15) is 25.8 Å². The minimum atomic E-state index is -3.79. The second-order valence-electron chi connectivity index (χ2n) is 6.62. The largest absolute Gasteiger partial charge is 0.325 e. The van der Waals surface area contributed by atoms with Crippen molar-refractivity contribution >= 4 is 44.4 Å². The standard InChI is InChI=1S/C20H24N4O3S2/c1-3-5-14-6-8-15(9-7-14)22-19(25)13-28-20-23-17-12-16(29(21,26)27)10-11-18(17)24(20)4-2/h6-12H,3-5,13H2,1-2H3,(H,22,25)(H2,21,26,27). The highest BCUT2D eigenvalue weighted by atomic mass is 32.2. The smallest absolute Gasteiger partial charge is 0.238 e. The number of thioether (sulfide) groups is 1. The van der Waals surface area contributed by atoms with E-state index in [2.05, 4.69) is 17.2 Å². The Hall–Kier alpha value is -2.36. The molecule has 0 bridgehead atoms. The van der Waals surface area contributed by atoms with Gasteiger partial charge in [0.15, 0.2) is 5.16 Å². The number of hydrogen-bond acceptors (Lipinski definition) is 5. The Kier molecular flexibility index (Phi) is 6.61. The summed E-state index contributed by atoms with van der Waals surface area (Å²) >= 11 is 1.31. The second-order valence-corrected chi connectivity index (χ2v) is 9.12. The summed E-state index contributed by atoms with van der Waals surface area (Å²) in [6, 6.07) is 12.5. The number of carbonyl (C=O) groups is 1. The number of nitrogens with zero attached hydrogens (tertiary/aromatic N) is 2. The molecule has 0 saturated carbocycles. The van der Waals surface area contributed by atoms with Crippen LogP contribution in [0.3, 0.4) is 0 Å². The molecule has 1 heterocycles. The fourth-order valence-electron chi connectivity index (χ4n) is 3.05. The zero-order valence-electron chi connectivity index (χ0n) is 16.4. The van der Waals surface area contributed by atoms with E-state index in [1.165, 1.54) is 29.5 Å². The lowest BCUT2D eigenvalue weighted by molar-refractivity contribution is -0.113. The number of imidazole rings is 1. The van der Waals surface area contributed by atoms with E-state index in [-0.39, 0.29) is 16.6 Å². The van der Waals surface area contributed by atoms with Crippen LogP contribution in [0.5, 0.6) is 0 Å². The number of nitrogens with one attached hydrogen (secondary N) is 1. The number of carbonyl (C=O) groups excluding carboxylic acids is 1. The maximum absolute atomic E-state index is 12.3. The average Bonchev–Trinajstić information content (AvgIpc) is 3.04. The molecule has 7 nitrogen and oxygen atoms in total. The first-order chi connectivity index (χ1) is 13.8. The van der Waals surface area contributed by atoms with E-state index in [4.69, 9.17) is 5.14 Å². The van der Waals surface area contributed by atoms with E-state index >= 15 is 0 Å². The Bertz CT molecular complexity index is 1120. The molecule has 0 saturated heterocycles. The van der Waals surface area contributed by atoms with Crippen LogP contribution in [0.15, 0.2) is 52.5 Å². The van der Waals surface area contributed by atoms with Gasteiger partial charge in [0.1, 0.15) is 0 Å². The third-order valence-corrected chi connectivity index (χ3v) is 6.33. The zero-order chi connectivity index (χ0) is 21.0. The van der Waals surface area contributed by atoms with Gasteiger partial charge in [0.2, 0.25) is 15.9 Å². The third-order valence-electron chi connectivity index (χ3n) is 4.44. The predicted molar refractivity (Wildman–Crippen MR) is 117 cm³/mol. The molecule has 0 radical (unpaired) electrons. The topological polar surface area (TPSA) is 107 Å². The predicted octanol–water partition coefficient (Wildman–Crippen LogP) is 3.39. The van der Waals surface area contributed by atoms with Crippen molar-refractivity contribution in [3.8, 4) is 0 Å². The number of hydrogen-bond donors (Lipinski definition) is 2. The van der Waals surface area contributed by atoms with Gasteiger partial charge in [-0.2, -0.15) is 0 Å². The molecule has 29 heavy (non-hydrogen) atoms. The minimum Gasteiger partial charge on any atom is -0.325 e. The van der Waals surface area contributed by atoms with Crippen molar-refractivity contribution in [2.24, 2.45) is 5.14 Å². The number of amides is 1. The van der Waals surface area contributed by atoms with Gasteiger partial charge in [-0.1, -0.05) is 37.2 Å². The summed E-state index contributed by atoms with van der Waals surface area (Å²) in [6.45, 7) is 4.75. The molecule has 1 aromatic heterocycles. The summed E-state index contributed by atoms with van der Waals surface area (Å²) in [4.78, 5) is 16.8. The molecule has 3 N–H and O–H groups in total. The Morgan fingerprint density at radius 3 is 2.52 bits per heavy atom. The van der Waals surface area contributed by atoms with Crippen molar-refractivity contribution in [3.63, 3.8) is 0 Å². The fraction of sp³-hybridized carbons (Fsp3) is 0.300. The lowest BCUT2D eigenvalue weighted by Gasteiger charge is -2.07. The molecule has 0 aliphatic heterocycles. The quantitative estimate of drug-likeness (QED) is 0.531. The number of fused-ring (bicyclic) bond motifs is 1. The number of anilines is 1. The summed E-state index contributed by atoms with van der Waals surface area (Å²) in [5.41, 5.74) is 3.34. The molecule has 0 fully saturated rings. The van der Waals surface area contributed by atoms with Crippen LogP contribution in [0, 0.1) is 0 Å². The van der Waals surface area contributed by atoms with Gasteiger partial charge < -0.3 is 9.88 Å². The van der Waals surface area contributed by atoms with E-state index in [0.717, 1.165) is 24.0 Å². The molecule has 3 rings (SSSR count). The number of sulfonamides is 1. The van der Waals surface area contributed by atoms with Crippen LogP contribution < -0.4 is 10.5 Å². The van der Waals surface area contributed by atoms with Crippen LogP contribution in [0.25, 0.3) is 11.0 Å². The summed E-state index contributed by atoms with van der Waals surface area (Å²) < 4.78 is 25.1. The van der Waals surface area contributed by atoms with E-state index in [1.54, 1.807) is 6.07 Å². The molecule has 0 spiro atoms. The van der Waals surface area contributed by atoms with Crippen LogP contribution >= 0.6 is 11.8 Å². The van der Waals surface area contributed by atoms with Gasteiger partial charge in [-0.25, -0.2) is 18.5 Å². The van der Waals surface area contributed by atoms with Crippen molar-refractivity contribution in [1.82, 2.24) is 9.55 Å². The SMILES string of the molecule is CCCc1ccc(NC(=O)CSc2nc3cc(S(N)(=O)=O)ccc3n2CC)cc1. The van der Waals surface area contributed by atoms with Crippen molar-refractivity contribution in [3.05, 3.63) is 48.0 Å². The molecule has 1 amide bonds. The second kappa shape index (κ2) is 8.98. The minimum absolute atomic E-state index is 0.0200. The first-order valence-electron chi connectivity index (χ1n) is 9.36. The molecule has 0 aliphatic rings. The Labute approximate surface area is 174 Å².